The molecule has 0 radical (unpaired) electrons. The molecular weight excluding hydrogens is 722 g/mol. The standard InChI is InChI=1S/C35H52I2O3/c1-5-9-11-13-15-33(29(7-3)25-27-17-21-31(36)22-18-27)39-35(38)40-34(16-14-12-10-6-2)30(8-4)26-28-19-23-32(37)24-20-28/h17-24,29-30,33-34H,5-16,25-26H2,1-4H3. The van der Waals surface area contributed by atoms with Crippen LogP contribution in [-0.2, 0) is 22.3 Å². The van der Waals surface area contributed by atoms with Gasteiger partial charge in [-0.3, -0.25) is 0 Å². The van der Waals surface area contributed by atoms with Crippen LogP contribution in [0, 0.1) is 19.0 Å². The molecule has 224 valence electrons. The van der Waals surface area contributed by atoms with Crippen LogP contribution in [0.25, 0.3) is 0 Å². The van der Waals surface area contributed by atoms with Crippen molar-refractivity contribution in [2.24, 2.45) is 11.8 Å². The van der Waals surface area contributed by atoms with E-state index in [1.807, 2.05) is 0 Å². The Hall–Kier alpha value is -0.830. The fourth-order valence-corrected chi connectivity index (χ4v) is 6.24. The summed E-state index contributed by atoms with van der Waals surface area (Å²) in [5.74, 6) is 0.567. The zero-order chi connectivity index (χ0) is 29.2. The summed E-state index contributed by atoms with van der Waals surface area (Å²) in [6.07, 6.45) is 14.3. The van der Waals surface area contributed by atoms with Crippen molar-refractivity contribution in [3.05, 3.63) is 66.8 Å². The number of hydrogen-bond acceptors (Lipinski definition) is 3. The van der Waals surface area contributed by atoms with Gasteiger partial charge in [0.15, 0.2) is 0 Å². The number of hydrogen-bond donors (Lipinski definition) is 0. The third-order valence-corrected chi connectivity index (χ3v) is 9.54. The smallest absolute Gasteiger partial charge is 0.431 e. The summed E-state index contributed by atoms with van der Waals surface area (Å²) >= 11 is 4.70. The van der Waals surface area contributed by atoms with Crippen LogP contribution in [-0.4, -0.2) is 18.4 Å². The Morgan fingerprint density at radius 3 is 1.30 bits per heavy atom. The summed E-state index contributed by atoms with van der Waals surface area (Å²) in [5.41, 5.74) is 2.61. The molecule has 0 saturated heterocycles. The molecule has 0 bridgehead atoms. The first-order chi connectivity index (χ1) is 19.4. The molecule has 4 unspecified atom stereocenters. The van der Waals surface area contributed by atoms with Gasteiger partial charge in [0.1, 0.15) is 12.2 Å². The zero-order valence-electron chi connectivity index (χ0n) is 25.3. The van der Waals surface area contributed by atoms with E-state index in [1.165, 1.54) is 56.8 Å². The molecule has 0 aliphatic carbocycles. The van der Waals surface area contributed by atoms with Crippen molar-refractivity contribution in [2.45, 2.75) is 130 Å². The number of carbonyl (C=O) groups excluding carboxylic acids is 1. The first kappa shape index (κ1) is 35.4. The SMILES string of the molecule is CCCCCCC(OC(=O)OC(CCCCCC)C(CC)Cc1ccc(I)cc1)C(CC)Cc1ccc(I)cc1. The number of rotatable bonds is 20. The van der Waals surface area contributed by atoms with Crippen LogP contribution in [0.2, 0.25) is 0 Å². The molecule has 3 nitrogen and oxygen atoms in total. The van der Waals surface area contributed by atoms with E-state index < -0.39 is 6.16 Å². The van der Waals surface area contributed by atoms with Gasteiger partial charge in [-0.2, -0.15) is 0 Å². The summed E-state index contributed by atoms with van der Waals surface area (Å²) in [7, 11) is 0. The van der Waals surface area contributed by atoms with Gasteiger partial charge >= 0.3 is 6.16 Å². The number of carbonyl (C=O) groups is 1. The van der Waals surface area contributed by atoms with Crippen molar-refractivity contribution in [3.8, 4) is 0 Å². The van der Waals surface area contributed by atoms with E-state index in [0.717, 1.165) is 51.4 Å². The van der Waals surface area contributed by atoms with Gasteiger partial charge in [-0.25, -0.2) is 4.79 Å². The predicted molar refractivity (Wildman–Crippen MR) is 186 cm³/mol. The fraction of sp³-hybridized carbons (Fsp3) is 0.629. The van der Waals surface area contributed by atoms with Gasteiger partial charge in [-0.05, 0) is 144 Å². The van der Waals surface area contributed by atoms with Crippen molar-refractivity contribution in [3.63, 3.8) is 0 Å². The second kappa shape index (κ2) is 21.0. The molecule has 0 spiro atoms. The van der Waals surface area contributed by atoms with Gasteiger partial charge in [0, 0.05) is 7.14 Å². The molecule has 2 aromatic rings. The minimum Gasteiger partial charge on any atom is -0.431 e. The summed E-state index contributed by atoms with van der Waals surface area (Å²) in [5, 5.41) is 0. The first-order valence-corrected chi connectivity index (χ1v) is 17.9. The van der Waals surface area contributed by atoms with Crippen LogP contribution < -0.4 is 0 Å². The molecule has 0 amide bonds. The minimum absolute atomic E-state index is 0.120. The average molecular weight is 775 g/mol. The molecular formula is C35H52I2O3. The Balaban J connectivity index is 2.14. The van der Waals surface area contributed by atoms with Gasteiger partial charge < -0.3 is 9.47 Å². The summed E-state index contributed by atoms with van der Waals surface area (Å²) in [4.78, 5) is 13.4. The fourth-order valence-electron chi connectivity index (χ4n) is 5.53. The molecule has 5 heteroatoms. The lowest BCUT2D eigenvalue weighted by Crippen LogP contribution is -2.33. The summed E-state index contributed by atoms with van der Waals surface area (Å²) in [6.45, 7) is 8.90. The zero-order valence-corrected chi connectivity index (χ0v) is 29.6. The normalized spacial score (nSPS) is 14.3. The lowest BCUT2D eigenvalue weighted by atomic mass is 9.88. The van der Waals surface area contributed by atoms with E-state index in [-0.39, 0.29) is 24.0 Å². The third kappa shape index (κ3) is 13.9. The third-order valence-electron chi connectivity index (χ3n) is 8.10. The van der Waals surface area contributed by atoms with E-state index in [4.69, 9.17) is 9.47 Å². The van der Waals surface area contributed by atoms with Crippen molar-refractivity contribution >= 4 is 51.3 Å². The maximum absolute atomic E-state index is 13.4. The largest absolute Gasteiger partial charge is 0.508 e. The van der Waals surface area contributed by atoms with Gasteiger partial charge in [-0.15, -0.1) is 0 Å². The number of benzene rings is 2. The average Bonchev–Trinajstić information content (AvgIpc) is 2.96. The summed E-state index contributed by atoms with van der Waals surface area (Å²) in [6, 6.07) is 17.5. The molecule has 4 atom stereocenters. The van der Waals surface area contributed by atoms with Crippen LogP contribution in [0.3, 0.4) is 0 Å². The van der Waals surface area contributed by atoms with E-state index >= 15 is 0 Å². The van der Waals surface area contributed by atoms with Crippen LogP contribution in [0.1, 0.15) is 116 Å². The maximum atomic E-state index is 13.4. The minimum atomic E-state index is -0.469. The molecule has 0 heterocycles. The van der Waals surface area contributed by atoms with Gasteiger partial charge in [0.2, 0.25) is 0 Å². The highest BCUT2D eigenvalue weighted by atomic mass is 127. The molecule has 0 saturated carbocycles. The first-order valence-electron chi connectivity index (χ1n) is 15.8. The lowest BCUT2D eigenvalue weighted by molar-refractivity contribution is -0.0382. The highest BCUT2D eigenvalue weighted by Crippen LogP contribution is 2.27. The van der Waals surface area contributed by atoms with Crippen LogP contribution in [0.5, 0.6) is 0 Å². The van der Waals surface area contributed by atoms with Crippen LogP contribution in [0.15, 0.2) is 48.5 Å². The second-order valence-corrected chi connectivity index (χ2v) is 13.8. The maximum Gasteiger partial charge on any atom is 0.508 e. The van der Waals surface area contributed by atoms with Crippen molar-refractivity contribution in [1.82, 2.24) is 0 Å². The Bertz CT molecular complexity index is 853. The molecule has 0 fully saturated rings. The van der Waals surface area contributed by atoms with Gasteiger partial charge in [-0.1, -0.05) is 90.5 Å². The van der Waals surface area contributed by atoms with Crippen LogP contribution in [0.4, 0.5) is 4.79 Å². The Morgan fingerprint density at radius 2 is 0.975 bits per heavy atom. The second-order valence-electron chi connectivity index (χ2n) is 11.3. The van der Waals surface area contributed by atoms with Gasteiger partial charge in [0.25, 0.3) is 0 Å². The number of ether oxygens (including phenoxy) is 2. The monoisotopic (exact) mass is 774 g/mol. The molecule has 0 aliphatic heterocycles. The van der Waals surface area contributed by atoms with E-state index in [9.17, 15) is 4.79 Å². The van der Waals surface area contributed by atoms with Crippen molar-refractivity contribution in [2.75, 3.05) is 0 Å². The summed E-state index contributed by atoms with van der Waals surface area (Å²) < 4.78 is 15.0. The van der Waals surface area contributed by atoms with E-state index in [1.54, 1.807) is 0 Å². The number of unbranched alkanes of at least 4 members (excludes halogenated alkanes) is 6. The Kier molecular flexibility index (Phi) is 18.5. The lowest BCUT2D eigenvalue weighted by Gasteiger charge is -2.30. The topological polar surface area (TPSA) is 35.5 Å². The molecule has 0 aliphatic rings. The van der Waals surface area contributed by atoms with Crippen molar-refractivity contribution in [1.29, 1.82) is 0 Å². The highest BCUT2D eigenvalue weighted by Gasteiger charge is 2.29. The highest BCUT2D eigenvalue weighted by molar-refractivity contribution is 14.1. The van der Waals surface area contributed by atoms with E-state index in [2.05, 4.69) is 121 Å². The quantitative estimate of drug-likeness (QED) is 0.0764. The van der Waals surface area contributed by atoms with E-state index in [0.29, 0.717) is 0 Å². The molecule has 0 aromatic heterocycles. The van der Waals surface area contributed by atoms with Crippen molar-refractivity contribution < 1.29 is 14.3 Å². The Morgan fingerprint density at radius 1 is 0.600 bits per heavy atom. The number of halogens is 2. The predicted octanol–water partition coefficient (Wildman–Crippen LogP) is 11.6. The molecule has 2 rings (SSSR count). The molecule has 40 heavy (non-hydrogen) atoms. The molecule has 0 N–H and O–H groups in total. The van der Waals surface area contributed by atoms with Gasteiger partial charge in [0.05, 0.1) is 0 Å². The molecule has 2 aromatic carbocycles. The van der Waals surface area contributed by atoms with Crippen LogP contribution >= 0.6 is 45.2 Å². The Labute approximate surface area is 272 Å².